The molecule has 0 heterocycles. The number of rotatable bonds is 15. The van der Waals surface area contributed by atoms with Crippen LogP contribution >= 0.6 is 0 Å². The van der Waals surface area contributed by atoms with Crippen molar-refractivity contribution in [2.45, 2.75) is 90.3 Å². The van der Waals surface area contributed by atoms with Crippen LogP contribution in [0.25, 0.3) is 0 Å². The van der Waals surface area contributed by atoms with Gasteiger partial charge in [0.2, 0.25) is 0 Å². The van der Waals surface area contributed by atoms with Gasteiger partial charge in [-0.05, 0) is 32.1 Å². The largest absolute Gasteiger partial charge is 0.356 e. The Morgan fingerprint density at radius 2 is 1.20 bits per heavy atom. The summed E-state index contributed by atoms with van der Waals surface area (Å²) >= 11 is 0. The highest BCUT2D eigenvalue weighted by atomic mass is 16.7. The Labute approximate surface area is 126 Å². The number of methoxy groups -OCH3 is 2. The summed E-state index contributed by atoms with van der Waals surface area (Å²) in [5.74, 6) is 0. The molecule has 0 saturated heterocycles. The monoisotopic (exact) mass is 284 g/mol. The van der Waals surface area contributed by atoms with Crippen molar-refractivity contribution in [1.29, 1.82) is 0 Å². The second kappa shape index (κ2) is 16.7. The zero-order chi connectivity index (χ0) is 14.9. The molecule has 2 heteroatoms. The van der Waals surface area contributed by atoms with Crippen molar-refractivity contribution in [3.8, 4) is 0 Å². The van der Waals surface area contributed by atoms with Crippen LogP contribution in [0.5, 0.6) is 0 Å². The molecule has 2 nitrogen and oxygen atoms in total. The first-order valence-corrected chi connectivity index (χ1v) is 8.55. The molecule has 0 unspecified atom stereocenters. The van der Waals surface area contributed by atoms with Crippen LogP contribution in [0.2, 0.25) is 0 Å². The van der Waals surface area contributed by atoms with Crippen LogP contribution in [0.4, 0.5) is 0 Å². The summed E-state index contributed by atoms with van der Waals surface area (Å²) in [5.41, 5.74) is 0. The van der Waals surface area contributed by atoms with Crippen molar-refractivity contribution >= 4 is 0 Å². The number of unbranched alkanes of at least 4 members (excludes halogenated alkanes) is 9. The molecular weight excluding hydrogens is 248 g/mol. The maximum absolute atomic E-state index is 5.18. The maximum Gasteiger partial charge on any atom is 0.156 e. The van der Waals surface area contributed by atoms with E-state index in [9.17, 15) is 0 Å². The first-order chi connectivity index (χ1) is 9.85. The van der Waals surface area contributed by atoms with Gasteiger partial charge < -0.3 is 9.47 Å². The van der Waals surface area contributed by atoms with Gasteiger partial charge in [0.1, 0.15) is 0 Å². The lowest BCUT2D eigenvalue weighted by Gasteiger charge is -2.12. The SMILES string of the molecule is CCCCC=CCCCCCCCCCC(OC)OC. The van der Waals surface area contributed by atoms with E-state index >= 15 is 0 Å². The fourth-order valence-corrected chi connectivity index (χ4v) is 2.35. The minimum atomic E-state index is -0.00510. The minimum Gasteiger partial charge on any atom is -0.356 e. The summed E-state index contributed by atoms with van der Waals surface area (Å²) in [6.45, 7) is 2.25. The van der Waals surface area contributed by atoms with E-state index in [0.29, 0.717) is 0 Å². The molecule has 20 heavy (non-hydrogen) atoms. The Hall–Kier alpha value is -0.340. The van der Waals surface area contributed by atoms with Gasteiger partial charge in [0, 0.05) is 14.2 Å². The average molecular weight is 284 g/mol. The number of ether oxygens (including phenoxy) is 2. The summed E-state index contributed by atoms with van der Waals surface area (Å²) in [7, 11) is 3.43. The molecule has 0 aromatic heterocycles. The zero-order valence-corrected chi connectivity index (χ0v) is 14.0. The maximum atomic E-state index is 5.18. The highest BCUT2D eigenvalue weighted by molar-refractivity contribution is 4.81. The van der Waals surface area contributed by atoms with Gasteiger partial charge in [0.15, 0.2) is 6.29 Å². The van der Waals surface area contributed by atoms with E-state index in [2.05, 4.69) is 19.1 Å². The second-order valence-electron chi connectivity index (χ2n) is 5.57. The van der Waals surface area contributed by atoms with Gasteiger partial charge in [-0.25, -0.2) is 0 Å². The fraction of sp³-hybridized carbons (Fsp3) is 0.889. The predicted molar refractivity (Wildman–Crippen MR) is 88.0 cm³/mol. The molecule has 0 fully saturated rings. The quantitative estimate of drug-likeness (QED) is 0.213. The van der Waals surface area contributed by atoms with E-state index in [4.69, 9.17) is 9.47 Å². The molecule has 0 radical (unpaired) electrons. The Kier molecular flexibility index (Phi) is 16.4. The molecule has 0 aliphatic carbocycles. The fourth-order valence-electron chi connectivity index (χ4n) is 2.35. The molecule has 0 bridgehead atoms. The van der Waals surface area contributed by atoms with E-state index in [-0.39, 0.29) is 6.29 Å². The summed E-state index contributed by atoms with van der Waals surface area (Å²) in [6, 6.07) is 0. The molecule has 120 valence electrons. The van der Waals surface area contributed by atoms with Crippen LogP contribution in [0, 0.1) is 0 Å². The molecule has 0 N–H and O–H groups in total. The third-order valence-corrected chi connectivity index (χ3v) is 3.73. The van der Waals surface area contributed by atoms with Gasteiger partial charge in [-0.2, -0.15) is 0 Å². The first-order valence-electron chi connectivity index (χ1n) is 8.55. The molecule has 0 spiro atoms. The topological polar surface area (TPSA) is 18.5 Å². The van der Waals surface area contributed by atoms with Crippen LogP contribution in [0.15, 0.2) is 12.2 Å². The Bertz CT molecular complexity index is 198. The van der Waals surface area contributed by atoms with Gasteiger partial charge in [0.05, 0.1) is 0 Å². The lowest BCUT2D eigenvalue weighted by Crippen LogP contribution is -2.12. The Morgan fingerprint density at radius 1 is 0.700 bits per heavy atom. The molecule has 0 aromatic rings. The van der Waals surface area contributed by atoms with Crippen LogP contribution < -0.4 is 0 Å². The van der Waals surface area contributed by atoms with Crippen molar-refractivity contribution in [3.63, 3.8) is 0 Å². The minimum absolute atomic E-state index is 0.00510. The Balaban J connectivity index is 3.11. The molecule has 0 amide bonds. The summed E-state index contributed by atoms with van der Waals surface area (Å²) in [4.78, 5) is 0. The van der Waals surface area contributed by atoms with Crippen molar-refractivity contribution < 1.29 is 9.47 Å². The third-order valence-electron chi connectivity index (χ3n) is 3.73. The van der Waals surface area contributed by atoms with Gasteiger partial charge in [-0.3, -0.25) is 0 Å². The van der Waals surface area contributed by atoms with Crippen molar-refractivity contribution in [2.24, 2.45) is 0 Å². The summed E-state index contributed by atoms with van der Waals surface area (Å²) in [6.07, 6.45) is 20.3. The molecule has 0 aliphatic heterocycles. The van der Waals surface area contributed by atoms with Crippen LogP contribution in [0.1, 0.15) is 84.0 Å². The van der Waals surface area contributed by atoms with Crippen LogP contribution in [-0.4, -0.2) is 20.5 Å². The molecule has 0 aromatic carbocycles. The third kappa shape index (κ3) is 14.1. The lowest BCUT2D eigenvalue weighted by atomic mass is 10.1. The van der Waals surface area contributed by atoms with E-state index in [1.807, 2.05) is 0 Å². The standard InChI is InChI=1S/C18H36O2/c1-4-5-6-7-8-9-10-11-12-13-14-15-16-17-18(19-2)20-3/h7-8,18H,4-6,9-17H2,1-3H3. The molecule has 0 atom stereocenters. The number of allylic oxidation sites excluding steroid dienone is 2. The van der Waals surface area contributed by atoms with Crippen molar-refractivity contribution in [3.05, 3.63) is 12.2 Å². The molecule has 0 aliphatic rings. The zero-order valence-electron chi connectivity index (χ0n) is 14.0. The van der Waals surface area contributed by atoms with Gasteiger partial charge in [-0.15, -0.1) is 0 Å². The van der Waals surface area contributed by atoms with Gasteiger partial charge >= 0.3 is 0 Å². The molecular formula is C18H36O2. The highest BCUT2D eigenvalue weighted by Crippen LogP contribution is 2.12. The highest BCUT2D eigenvalue weighted by Gasteiger charge is 2.03. The van der Waals surface area contributed by atoms with Gasteiger partial charge in [0.25, 0.3) is 0 Å². The van der Waals surface area contributed by atoms with E-state index in [1.165, 1.54) is 70.6 Å². The molecule has 0 saturated carbocycles. The lowest BCUT2D eigenvalue weighted by molar-refractivity contribution is -0.107. The van der Waals surface area contributed by atoms with E-state index < -0.39 is 0 Å². The summed E-state index contributed by atoms with van der Waals surface area (Å²) in [5, 5.41) is 0. The van der Waals surface area contributed by atoms with E-state index in [1.54, 1.807) is 14.2 Å². The van der Waals surface area contributed by atoms with Crippen LogP contribution in [0.3, 0.4) is 0 Å². The smallest absolute Gasteiger partial charge is 0.156 e. The van der Waals surface area contributed by atoms with Gasteiger partial charge in [-0.1, -0.05) is 64.0 Å². The summed E-state index contributed by atoms with van der Waals surface area (Å²) < 4.78 is 10.4. The number of hydrogen-bond acceptors (Lipinski definition) is 2. The van der Waals surface area contributed by atoms with Crippen LogP contribution in [-0.2, 0) is 9.47 Å². The Morgan fingerprint density at radius 3 is 1.75 bits per heavy atom. The van der Waals surface area contributed by atoms with Crippen molar-refractivity contribution in [2.75, 3.05) is 14.2 Å². The number of hydrogen-bond donors (Lipinski definition) is 0. The predicted octanol–water partition coefficient (Wildman–Crippen LogP) is 5.86. The first kappa shape index (κ1) is 19.7. The average Bonchev–Trinajstić information content (AvgIpc) is 2.48. The van der Waals surface area contributed by atoms with Crippen molar-refractivity contribution in [1.82, 2.24) is 0 Å². The van der Waals surface area contributed by atoms with E-state index in [0.717, 1.165) is 6.42 Å². The normalized spacial score (nSPS) is 11.8. The second-order valence-corrected chi connectivity index (χ2v) is 5.57. The molecule has 0 rings (SSSR count).